The van der Waals surface area contributed by atoms with Crippen LogP contribution >= 0.6 is 0 Å². The van der Waals surface area contributed by atoms with Crippen LogP contribution in [0.2, 0.25) is 0 Å². The van der Waals surface area contributed by atoms with Gasteiger partial charge in [0, 0.05) is 30.1 Å². The van der Waals surface area contributed by atoms with Crippen molar-refractivity contribution in [1.29, 1.82) is 0 Å². The number of hydrogen-bond donors (Lipinski definition) is 3. The van der Waals surface area contributed by atoms with E-state index in [4.69, 9.17) is 0 Å². The van der Waals surface area contributed by atoms with Gasteiger partial charge in [-0.1, -0.05) is 12.1 Å². The van der Waals surface area contributed by atoms with Crippen molar-refractivity contribution in [2.75, 3.05) is 16.0 Å². The molecule has 0 bridgehead atoms. The van der Waals surface area contributed by atoms with Gasteiger partial charge in [0.15, 0.2) is 0 Å². The fraction of sp³-hybridized carbons (Fsp3) is 0.150. The Kier molecular flexibility index (Phi) is 5.12. The minimum absolute atomic E-state index is 0.0938. The van der Waals surface area contributed by atoms with E-state index in [1.54, 1.807) is 0 Å². The summed E-state index contributed by atoms with van der Waals surface area (Å²) in [4.78, 5) is 19.6. The van der Waals surface area contributed by atoms with E-state index in [1.165, 1.54) is 18.8 Å². The van der Waals surface area contributed by atoms with Crippen LogP contribution < -0.4 is 16.0 Å². The van der Waals surface area contributed by atoms with Crippen LogP contribution in [-0.4, -0.2) is 15.9 Å². The number of nitrogens with one attached hydrogen (secondary N) is 3. The summed E-state index contributed by atoms with van der Waals surface area (Å²) in [6.45, 7) is 5.60. The molecule has 1 amide bonds. The zero-order chi connectivity index (χ0) is 18.5. The number of rotatable bonds is 5. The first-order valence-corrected chi connectivity index (χ1v) is 8.30. The van der Waals surface area contributed by atoms with Gasteiger partial charge < -0.3 is 16.0 Å². The maximum atomic E-state index is 11.1. The number of aromatic nitrogens is 2. The van der Waals surface area contributed by atoms with E-state index in [0.29, 0.717) is 11.6 Å². The Morgan fingerprint density at radius 2 is 1.50 bits per heavy atom. The summed E-state index contributed by atoms with van der Waals surface area (Å²) in [6, 6.07) is 15.5. The minimum atomic E-state index is -0.0938. The summed E-state index contributed by atoms with van der Waals surface area (Å²) in [5, 5.41) is 9.30. The van der Waals surface area contributed by atoms with Gasteiger partial charge in [-0.3, -0.25) is 4.79 Å². The van der Waals surface area contributed by atoms with Crippen molar-refractivity contribution >= 4 is 34.6 Å². The standard InChI is InChI=1S/C20H21N5O/c1-13-4-5-14(2)18(10-13)25-20-11-19(21-12-22-20)24-17-8-6-16(7-9-17)23-15(3)26/h4-12H,1-3H3,(H,23,26)(H2,21,22,24,25). The molecule has 1 heterocycles. The highest BCUT2D eigenvalue weighted by molar-refractivity contribution is 5.88. The monoisotopic (exact) mass is 347 g/mol. The number of anilines is 5. The molecule has 3 rings (SSSR count). The first-order chi connectivity index (χ1) is 12.5. The number of carbonyl (C=O) groups excluding carboxylic acids is 1. The SMILES string of the molecule is CC(=O)Nc1ccc(Nc2cc(Nc3cc(C)ccc3C)ncn2)cc1. The zero-order valence-electron chi connectivity index (χ0n) is 15.0. The van der Waals surface area contributed by atoms with Gasteiger partial charge in [0.2, 0.25) is 5.91 Å². The minimum Gasteiger partial charge on any atom is -0.340 e. The smallest absolute Gasteiger partial charge is 0.221 e. The van der Waals surface area contributed by atoms with Crippen LogP contribution in [0.4, 0.5) is 28.7 Å². The zero-order valence-corrected chi connectivity index (χ0v) is 15.0. The van der Waals surface area contributed by atoms with Gasteiger partial charge in [-0.25, -0.2) is 9.97 Å². The molecule has 0 saturated carbocycles. The molecule has 1 aromatic heterocycles. The van der Waals surface area contributed by atoms with Crippen molar-refractivity contribution in [1.82, 2.24) is 9.97 Å². The molecule has 0 unspecified atom stereocenters. The highest BCUT2D eigenvalue weighted by Crippen LogP contribution is 2.23. The largest absolute Gasteiger partial charge is 0.340 e. The summed E-state index contributed by atoms with van der Waals surface area (Å²) < 4.78 is 0. The van der Waals surface area contributed by atoms with Crippen molar-refractivity contribution in [3.63, 3.8) is 0 Å². The molecule has 0 atom stereocenters. The van der Waals surface area contributed by atoms with Crippen LogP contribution in [0, 0.1) is 13.8 Å². The van der Waals surface area contributed by atoms with Crippen LogP contribution in [0.5, 0.6) is 0 Å². The highest BCUT2D eigenvalue weighted by Gasteiger charge is 2.04. The molecule has 6 nitrogen and oxygen atoms in total. The first-order valence-electron chi connectivity index (χ1n) is 8.30. The third-order valence-corrected chi connectivity index (χ3v) is 3.80. The van der Waals surface area contributed by atoms with Crippen molar-refractivity contribution < 1.29 is 4.79 Å². The molecule has 0 saturated heterocycles. The van der Waals surface area contributed by atoms with E-state index in [0.717, 1.165) is 22.6 Å². The van der Waals surface area contributed by atoms with Crippen molar-refractivity contribution in [3.05, 3.63) is 66.0 Å². The Hall–Kier alpha value is -3.41. The molecule has 2 aromatic carbocycles. The molecular formula is C20H21N5O. The number of amides is 1. The summed E-state index contributed by atoms with van der Waals surface area (Å²) in [7, 11) is 0. The second kappa shape index (κ2) is 7.65. The lowest BCUT2D eigenvalue weighted by atomic mass is 10.1. The Labute approximate surface area is 152 Å². The van der Waals surface area contributed by atoms with E-state index in [9.17, 15) is 4.79 Å². The van der Waals surface area contributed by atoms with Gasteiger partial charge in [-0.15, -0.1) is 0 Å². The van der Waals surface area contributed by atoms with E-state index < -0.39 is 0 Å². The van der Waals surface area contributed by atoms with Crippen LogP contribution in [0.1, 0.15) is 18.1 Å². The number of nitrogens with zero attached hydrogens (tertiary/aromatic N) is 2. The molecule has 26 heavy (non-hydrogen) atoms. The van der Waals surface area contributed by atoms with Crippen LogP contribution in [0.15, 0.2) is 54.9 Å². The lowest BCUT2D eigenvalue weighted by molar-refractivity contribution is -0.114. The van der Waals surface area contributed by atoms with Crippen molar-refractivity contribution in [3.8, 4) is 0 Å². The highest BCUT2D eigenvalue weighted by atomic mass is 16.1. The predicted octanol–water partition coefficient (Wildman–Crippen LogP) is 4.54. The third kappa shape index (κ3) is 4.57. The lowest BCUT2D eigenvalue weighted by Crippen LogP contribution is -2.05. The van der Waals surface area contributed by atoms with Crippen LogP contribution in [0.3, 0.4) is 0 Å². The number of benzene rings is 2. The topological polar surface area (TPSA) is 78.9 Å². The molecule has 0 aliphatic heterocycles. The molecular weight excluding hydrogens is 326 g/mol. The molecule has 0 radical (unpaired) electrons. The Balaban J connectivity index is 1.73. The van der Waals surface area contributed by atoms with Crippen molar-refractivity contribution in [2.45, 2.75) is 20.8 Å². The molecule has 0 aliphatic carbocycles. The van der Waals surface area contributed by atoms with Gasteiger partial charge in [-0.05, 0) is 55.3 Å². The van der Waals surface area contributed by atoms with Gasteiger partial charge in [0.25, 0.3) is 0 Å². The van der Waals surface area contributed by atoms with Crippen molar-refractivity contribution in [2.24, 2.45) is 0 Å². The first kappa shape index (κ1) is 17.4. The molecule has 0 fully saturated rings. The number of hydrogen-bond acceptors (Lipinski definition) is 5. The lowest BCUT2D eigenvalue weighted by Gasteiger charge is -2.11. The maximum Gasteiger partial charge on any atom is 0.221 e. The fourth-order valence-electron chi connectivity index (χ4n) is 2.49. The van der Waals surface area contributed by atoms with Gasteiger partial charge in [0.1, 0.15) is 18.0 Å². The van der Waals surface area contributed by atoms with Gasteiger partial charge >= 0.3 is 0 Å². The summed E-state index contributed by atoms with van der Waals surface area (Å²) in [5.74, 6) is 1.30. The predicted molar refractivity (Wildman–Crippen MR) is 105 cm³/mol. The second-order valence-corrected chi connectivity index (χ2v) is 6.12. The summed E-state index contributed by atoms with van der Waals surface area (Å²) in [5.41, 5.74) is 4.98. The summed E-state index contributed by atoms with van der Waals surface area (Å²) in [6.07, 6.45) is 1.52. The fourth-order valence-corrected chi connectivity index (χ4v) is 2.49. The Morgan fingerprint density at radius 1 is 0.846 bits per heavy atom. The molecule has 0 spiro atoms. The van der Waals surface area contributed by atoms with Gasteiger partial charge in [-0.2, -0.15) is 0 Å². The normalized spacial score (nSPS) is 10.3. The average molecular weight is 347 g/mol. The molecule has 0 aliphatic rings. The Morgan fingerprint density at radius 3 is 2.19 bits per heavy atom. The quantitative estimate of drug-likeness (QED) is 0.631. The third-order valence-electron chi connectivity index (χ3n) is 3.80. The van der Waals surface area contributed by atoms with Crippen LogP contribution in [0.25, 0.3) is 0 Å². The second-order valence-electron chi connectivity index (χ2n) is 6.12. The van der Waals surface area contributed by atoms with E-state index in [-0.39, 0.29) is 5.91 Å². The van der Waals surface area contributed by atoms with Gasteiger partial charge in [0.05, 0.1) is 0 Å². The summed E-state index contributed by atoms with van der Waals surface area (Å²) >= 11 is 0. The number of carbonyl (C=O) groups is 1. The molecule has 3 aromatic rings. The average Bonchev–Trinajstić information content (AvgIpc) is 2.60. The molecule has 3 N–H and O–H groups in total. The maximum absolute atomic E-state index is 11.1. The van der Waals surface area contributed by atoms with Crippen LogP contribution in [-0.2, 0) is 4.79 Å². The van der Waals surface area contributed by atoms with E-state index in [2.05, 4.69) is 58.0 Å². The number of aryl methyl sites for hydroxylation is 2. The van der Waals surface area contributed by atoms with E-state index in [1.807, 2.05) is 30.3 Å². The van der Waals surface area contributed by atoms with E-state index >= 15 is 0 Å². The molecule has 6 heteroatoms. The molecule has 132 valence electrons. The Bertz CT molecular complexity index is 922.